The molecule has 1 aliphatic rings. The monoisotopic (exact) mass is 399 g/mol. The van der Waals surface area contributed by atoms with Gasteiger partial charge in [0.15, 0.2) is 11.5 Å². The molecule has 0 fully saturated rings. The van der Waals surface area contributed by atoms with Crippen LogP contribution in [0.3, 0.4) is 0 Å². The van der Waals surface area contributed by atoms with Crippen molar-refractivity contribution in [3.63, 3.8) is 0 Å². The lowest BCUT2D eigenvalue weighted by Crippen LogP contribution is -2.22. The number of alkyl carbamates (subject to hydrolysis) is 1. The summed E-state index contributed by atoms with van der Waals surface area (Å²) >= 11 is 6.23. The van der Waals surface area contributed by atoms with Crippen molar-refractivity contribution >= 4 is 17.7 Å². The Bertz CT molecular complexity index is 1020. The number of hydrogen-bond donors (Lipinski definition) is 1. The zero-order valence-corrected chi connectivity index (χ0v) is 15.9. The molecule has 1 aromatic heterocycles. The second kappa shape index (κ2) is 7.82. The molecule has 7 nitrogen and oxygen atoms in total. The fraction of sp³-hybridized carbons (Fsp3) is 0.200. The van der Waals surface area contributed by atoms with E-state index in [1.807, 2.05) is 42.6 Å². The van der Waals surface area contributed by atoms with Crippen molar-refractivity contribution in [2.75, 3.05) is 20.3 Å². The Morgan fingerprint density at radius 1 is 1.18 bits per heavy atom. The van der Waals surface area contributed by atoms with Gasteiger partial charge in [-0.15, -0.1) is 0 Å². The van der Waals surface area contributed by atoms with E-state index < -0.39 is 6.09 Å². The number of nitrogens with zero attached hydrogens (tertiary/aromatic N) is 2. The summed E-state index contributed by atoms with van der Waals surface area (Å²) in [4.78, 5) is 11.3. The number of nitrogens with one attached hydrogen (secondary N) is 1. The zero-order valence-electron chi connectivity index (χ0n) is 15.1. The third-order valence-corrected chi connectivity index (χ3v) is 4.70. The van der Waals surface area contributed by atoms with Gasteiger partial charge >= 0.3 is 6.09 Å². The minimum atomic E-state index is -0.513. The highest BCUT2D eigenvalue weighted by atomic mass is 35.5. The fourth-order valence-electron chi connectivity index (χ4n) is 2.90. The Kier molecular flexibility index (Phi) is 5.08. The van der Waals surface area contributed by atoms with Gasteiger partial charge in [-0.2, -0.15) is 5.10 Å². The molecule has 0 saturated heterocycles. The van der Waals surface area contributed by atoms with Gasteiger partial charge < -0.3 is 19.5 Å². The number of ether oxygens (including phenoxy) is 3. The van der Waals surface area contributed by atoms with Crippen molar-refractivity contribution in [1.29, 1.82) is 0 Å². The molecular formula is C20H18ClN3O4. The van der Waals surface area contributed by atoms with E-state index in [0.717, 1.165) is 34.0 Å². The lowest BCUT2D eigenvalue weighted by Gasteiger charge is -2.18. The number of halogens is 1. The normalized spacial score (nSPS) is 12.5. The summed E-state index contributed by atoms with van der Waals surface area (Å²) in [6.07, 6.45) is 1.36. The molecule has 0 saturated carbocycles. The van der Waals surface area contributed by atoms with Crippen LogP contribution in [0.2, 0.25) is 5.02 Å². The molecule has 4 rings (SSSR count). The van der Waals surface area contributed by atoms with Crippen molar-refractivity contribution in [1.82, 2.24) is 15.1 Å². The number of hydrogen-bond acceptors (Lipinski definition) is 5. The molecule has 28 heavy (non-hydrogen) atoms. The second-order valence-corrected chi connectivity index (χ2v) is 6.53. The summed E-state index contributed by atoms with van der Waals surface area (Å²) in [5.74, 6) is 1.47. The highest BCUT2D eigenvalue weighted by molar-refractivity contribution is 6.31. The van der Waals surface area contributed by atoms with Crippen molar-refractivity contribution < 1.29 is 19.0 Å². The molecule has 1 N–H and O–H groups in total. The lowest BCUT2D eigenvalue weighted by atomic mass is 10.1. The molecule has 0 aliphatic carbocycles. The van der Waals surface area contributed by atoms with Crippen LogP contribution in [0.15, 0.2) is 48.7 Å². The topological polar surface area (TPSA) is 74.6 Å². The SMILES string of the molecule is COC(=O)NCc1cc(-n2ccc(-c3ccc4c(c3)OCCO4)n2)ccc1Cl. The Hall–Kier alpha value is -3.19. The first-order valence-electron chi connectivity index (χ1n) is 8.70. The maximum absolute atomic E-state index is 11.3. The summed E-state index contributed by atoms with van der Waals surface area (Å²) in [6.45, 7) is 1.36. The molecule has 0 unspecified atom stereocenters. The van der Waals surface area contributed by atoms with Crippen LogP contribution in [0.25, 0.3) is 16.9 Å². The largest absolute Gasteiger partial charge is 0.486 e. The Balaban J connectivity index is 1.58. The van der Waals surface area contributed by atoms with Crippen LogP contribution < -0.4 is 14.8 Å². The number of benzene rings is 2. The number of fused-ring (bicyclic) bond motifs is 1. The molecule has 8 heteroatoms. The molecule has 2 aromatic carbocycles. The highest BCUT2D eigenvalue weighted by Gasteiger charge is 2.14. The third kappa shape index (κ3) is 3.75. The Labute approximate surface area is 166 Å². The lowest BCUT2D eigenvalue weighted by molar-refractivity contribution is 0.170. The quantitative estimate of drug-likeness (QED) is 0.721. The van der Waals surface area contributed by atoms with Crippen LogP contribution in [0.5, 0.6) is 11.5 Å². The van der Waals surface area contributed by atoms with Crippen LogP contribution >= 0.6 is 11.6 Å². The minimum absolute atomic E-state index is 0.260. The summed E-state index contributed by atoms with van der Waals surface area (Å²) in [5, 5.41) is 7.83. The fourth-order valence-corrected chi connectivity index (χ4v) is 3.09. The molecule has 2 heterocycles. The molecule has 0 spiro atoms. The van der Waals surface area contributed by atoms with Gasteiger partial charge in [-0.1, -0.05) is 11.6 Å². The summed E-state index contributed by atoms with van der Waals surface area (Å²) in [6, 6.07) is 13.2. The third-order valence-electron chi connectivity index (χ3n) is 4.33. The number of carbonyl (C=O) groups is 1. The van der Waals surface area contributed by atoms with E-state index in [2.05, 4.69) is 15.2 Å². The average Bonchev–Trinajstić information content (AvgIpc) is 3.23. The van der Waals surface area contributed by atoms with Gasteiger partial charge in [-0.25, -0.2) is 9.48 Å². The standard InChI is InChI=1S/C20H18ClN3O4/c1-26-20(25)22-12-14-10-15(3-4-16(14)21)24-7-6-17(23-24)13-2-5-18-19(11-13)28-9-8-27-18/h2-7,10-11H,8-9,12H2,1H3,(H,22,25). The van der Waals surface area contributed by atoms with Gasteiger partial charge in [0.1, 0.15) is 13.2 Å². The van der Waals surface area contributed by atoms with Crippen molar-refractivity contribution in [3.05, 3.63) is 59.2 Å². The Morgan fingerprint density at radius 2 is 2.00 bits per heavy atom. The first kappa shape index (κ1) is 18.2. The van der Waals surface area contributed by atoms with Crippen LogP contribution in [0.4, 0.5) is 4.79 Å². The van der Waals surface area contributed by atoms with E-state index in [9.17, 15) is 4.79 Å². The van der Waals surface area contributed by atoms with Crippen LogP contribution in [0.1, 0.15) is 5.56 Å². The van der Waals surface area contributed by atoms with Gasteiger partial charge in [-0.3, -0.25) is 0 Å². The maximum Gasteiger partial charge on any atom is 0.407 e. The summed E-state index contributed by atoms with van der Waals surface area (Å²) < 4.78 is 17.5. The van der Waals surface area contributed by atoms with Gasteiger partial charge in [-0.05, 0) is 48.0 Å². The molecule has 1 amide bonds. The van der Waals surface area contributed by atoms with E-state index in [0.29, 0.717) is 18.2 Å². The molecule has 1 aliphatic heterocycles. The van der Waals surface area contributed by atoms with Crippen LogP contribution in [-0.2, 0) is 11.3 Å². The van der Waals surface area contributed by atoms with Gasteiger partial charge in [0.25, 0.3) is 0 Å². The number of carbonyl (C=O) groups excluding carboxylic acids is 1. The van der Waals surface area contributed by atoms with Gasteiger partial charge in [0.2, 0.25) is 0 Å². The predicted octanol–water partition coefficient (Wildman–Crippen LogP) is 3.82. The van der Waals surface area contributed by atoms with E-state index >= 15 is 0 Å². The molecule has 0 atom stereocenters. The van der Waals surface area contributed by atoms with Crippen molar-refractivity contribution in [2.45, 2.75) is 6.54 Å². The van der Waals surface area contributed by atoms with E-state index in [4.69, 9.17) is 21.1 Å². The maximum atomic E-state index is 11.3. The smallest absolute Gasteiger partial charge is 0.407 e. The van der Waals surface area contributed by atoms with E-state index in [1.165, 1.54) is 7.11 Å². The molecular weight excluding hydrogens is 382 g/mol. The van der Waals surface area contributed by atoms with E-state index in [-0.39, 0.29) is 6.54 Å². The minimum Gasteiger partial charge on any atom is -0.486 e. The van der Waals surface area contributed by atoms with E-state index in [1.54, 1.807) is 10.7 Å². The average molecular weight is 400 g/mol. The molecule has 144 valence electrons. The zero-order chi connectivity index (χ0) is 19.5. The summed E-state index contributed by atoms with van der Waals surface area (Å²) in [7, 11) is 1.32. The number of methoxy groups -OCH3 is 1. The number of aromatic nitrogens is 2. The predicted molar refractivity (Wildman–Crippen MR) is 104 cm³/mol. The highest BCUT2D eigenvalue weighted by Crippen LogP contribution is 2.34. The molecule has 0 radical (unpaired) electrons. The number of amides is 1. The van der Waals surface area contributed by atoms with Crippen molar-refractivity contribution in [2.24, 2.45) is 0 Å². The Morgan fingerprint density at radius 3 is 2.82 bits per heavy atom. The van der Waals surface area contributed by atoms with Gasteiger partial charge in [0.05, 0.1) is 18.5 Å². The number of rotatable bonds is 4. The van der Waals surface area contributed by atoms with Crippen molar-refractivity contribution in [3.8, 4) is 28.4 Å². The first-order valence-corrected chi connectivity index (χ1v) is 9.08. The summed E-state index contributed by atoms with van der Waals surface area (Å²) in [5.41, 5.74) is 3.33. The second-order valence-electron chi connectivity index (χ2n) is 6.12. The molecule has 3 aromatic rings. The van der Waals surface area contributed by atoms with Crippen LogP contribution in [-0.4, -0.2) is 36.2 Å². The molecule has 0 bridgehead atoms. The van der Waals surface area contributed by atoms with Gasteiger partial charge in [0, 0.05) is 23.3 Å². The van der Waals surface area contributed by atoms with Crippen LogP contribution in [0, 0.1) is 0 Å². The first-order chi connectivity index (χ1) is 13.6.